The van der Waals surface area contributed by atoms with Crippen LogP contribution in [-0.2, 0) is 0 Å². The highest BCUT2D eigenvalue weighted by Gasteiger charge is 2.20. The van der Waals surface area contributed by atoms with E-state index in [4.69, 9.17) is 16.0 Å². The maximum absolute atomic E-state index is 12.7. The molecule has 1 N–H and O–H groups in total. The summed E-state index contributed by atoms with van der Waals surface area (Å²) in [6, 6.07) is 16.7. The summed E-state index contributed by atoms with van der Waals surface area (Å²) in [5.41, 5.74) is 1.35. The highest BCUT2D eigenvalue weighted by Crippen LogP contribution is 2.32. The lowest BCUT2D eigenvalue weighted by Gasteiger charge is -2.22. The van der Waals surface area contributed by atoms with Gasteiger partial charge in [0.2, 0.25) is 0 Å². The highest BCUT2D eigenvalue weighted by molar-refractivity contribution is 6.33. The second-order valence-electron chi connectivity index (χ2n) is 6.78. The Morgan fingerprint density at radius 2 is 1.90 bits per heavy atom. The van der Waals surface area contributed by atoms with E-state index < -0.39 is 4.92 Å². The summed E-state index contributed by atoms with van der Waals surface area (Å²) in [6.07, 6.45) is 0. The van der Waals surface area contributed by atoms with E-state index in [1.807, 2.05) is 49.3 Å². The highest BCUT2D eigenvalue weighted by atomic mass is 35.5. The number of nitrogens with zero attached hydrogens (tertiary/aromatic N) is 2. The number of non-ortho nitro benzene ring substituents is 1. The first-order chi connectivity index (χ1) is 13.8. The van der Waals surface area contributed by atoms with Crippen LogP contribution in [0.1, 0.15) is 22.2 Å². The Morgan fingerprint density at radius 3 is 2.52 bits per heavy atom. The second-order valence-corrected chi connectivity index (χ2v) is 7.19. The molecule has 0 saturated carbocycles. The summed E-state index contributed by atoms with van der Waals surface area (Å²) >= 11 is 6.15. The van der Waals surface area contributed by atoms with Crippen LogP contribution in [0.5, 0.6) is 0 Å². The number of nitro groups is 1. The molecule has 3 aromatic rings. The molecule has 1 heterocycles. The number of nitro benzene ring substituents is 1. The third kappa shape index (κ3) is 5.01. The van der Waals surface area contributed by atoms with Crippen molar-refractivity contribution in [3.05, 3.63) is 87.1 Å². The Kier molecular flexibility index (Phi) is 6.31. The largest absolute Gasteiger partial charge is 0.451 e. The molecule has 29 heavy (non-hydrogen) atoms. The summed E-state index contributed by atoms with van der Waals surface area (Å²) in [5, 5.41) is 14.0. The van der Waals surface area contributed by atoms with Crippen LogP contribution in [0, 0.1) is 10.1 Å². The summed E-state index contributed by atoms with van der Waals surface area (Å²) < 4.78 is 5.67. The number of furan rings is 1. The van der Waals surface area contributed by atoms with E-state index in [0.717, 1.165) is 5.56 Å². The van der Waals surface area contributed by atoms with Crippen molar-refractivity contribution >= 4 is 23.2 Å². The van der Waals surface area contributed by atoms with Gasteiger partial charge in [0.05, 0.1) is 16.0 Å². The van der Waals surface area contributed by atoms with Crippen LogP contribution in [0.3, 0.4) is 0 Å². The van der Waals surface area contributed by atoms with E-state index in [2.05, 4.69) is 5.32 Å². The molecule has 2 aromatic carbocycles. The van der Waals surface area contributed by atoms with Crippen LogP contribution in [-0.4, -0.2) is 36.4 Å². The van der Waals surface area contributed by atoms with Gasteiger partial charge in [-0.25, -0.2) is 0 Å². The zero-order valence-electron chi connectivity index (χ0n) is 16.0. The van der Waals surface area contributed by atoms with E-state index in [0.29, 0.717) is 17.9 Å². The Balaban J connectivity index is 1.80. The molecule has 0 aliphatic carbocycles. The average Bonchev–Trinajstić information content (AvgIpc) is 3.17. The summed E-state index contributed by atoms with van der Waals surface area (Å²) in [6.45, 7) is 0.623. The van der Waals surface area contributed by atoms with Gasteiger partial charge in [-0.3, -0.25) is 14.9 Å². The molecular weight excluding hydrogens is 394 g/mol. The van der Waals surface area contributed by atoms with Crippen molar-refractivity contribution in [1.82, 2.24) is 10.2 Å². The molecule has 1 atom stereocenters. The molecule has 3 rings (SSSR count). The number of likely N-dealkylation sites (N-methyl/N-ethyl adjacent to an activating group) is 1. The van der Waals surface area contributed by atoms with Crippen molar-refractivity contribution in [2.75, 3.05) is 20.6 Å². The number of nitrogens with one attached hydrogen (secondary N) is 1. The van der Waals surface area contributed by atoms with Crippen LogP contribution in [0.15, 0.2) is 65.1 Å². The molecule has 0 bridgehead atoms. The lowest BCUT2D eigenvalue weighted by molar-refractivity contribution is -0.384. The fraction of sp³-hybridized carbons (Fsp3) is 0.190. The quantitative estimate of drug-likeness (QED) is 0.453. The van der Waals surface area contributed by atoms with Crippen molar-refractivity contribution in [2.24, 2.45) is 0 Å². The number of rotatable bonds is 7. The van der Waals surface area contributed by atoms with E-state index in [1.165, 1.54) is 18.2 Å². The monoisotopic (exact) mass is 413 g/mol. The Bertz CT molecular complexity index is 1020. The standard InChI is InChI=1S/C21H20ClN3O4/c1-24(2)13-18(14-6-4-3-5-7-14)23-21(26)20-11-10-19(29-20)16-9-8-15(25(27)28)12-17(16)22/h3-12,18H,13H2,1-2H3,(H,23,26)/t18-/m0/s1. The summed E-state index contributed by atoms with van der Waals surface area (Å²) in [5.74, 6) is 0.137. The predicted octanol–water partition coefficient (Wildman–Crippen LogP) is 4.54. The van der Waals surface area contributed by atoms with Gasteiger partial charge < -0.3 is 14.6 Å². The van der Waals surface area contributed by atoms with Crippen LogP contribution >= 0.6 is 11.6 Å². The smallest absolute Gasteiger partial charge is 0.287 e. The van der Waals surface area contributed by atoms with Gasteiger partial charge in [-0.05, 0) is 37.9 Å². The normalized spacial score (nSPS) is 12.0. The first-order valence-corrected chi connectivity index (χ1v) is 9.27. The topological polar surface area (TPSA) is 88.6 Å². The molecule has 150 valence electrons. The van der Waals surface area contributed by atoms with Gasteiger partial charge in [-0.2, -0.15) is 0 Å². The maximum Gasteiger partial charge on any atom is 0.287 e. The fourth-order valence-electron chi connectivity index (χ4n) is 2.94. The van der Waals surface area contributed by atoms with Crippen LogP contribution in [0.4, 0.5) is 5.69 Å². The second kappa shape index (κ2) is 8.89. The summed E-state index contributed by atoms with van der Waals surface area (Å²) in [7, 11) is 3.87. The molecule has 1 amide bonds. The van der Waals surface area contributed by atoms with E-state index in [1.54, 1.807) is 12.1 Å². The number of hydrogen-bond donors (Lipinski definition) is 1. The molecule has 1 aromatic heterocycles. The zero-order valence-corrected chi connectivity index (χ0v) is 16.7. The number of hydrogen-bond acceptors (Lipinski definition) is 5. The zero-order chi connectivity index (χ0) is 21.0. The average molecular weight is 414 g/mol. The van der Waals surface area contributed by atoms with E-state index in [9.17, 15) is 14.9 Å². The summed E-state index contributed by atoms with van der Waals surface area (Å²) in [4.78, 5) is 25.1. The van der Waals surface area contributed by atoms with Gasteiger partial charge in [-0.1, -0.05) is 41.9 Å². The Hall–Kier alpha value is -3.16. The van der Waals surface area contributed by atoms with Crippen LogP contribution in [0.2, 0.25) is 5.02 Å². The molecule has 0 aliphatic heterocycles. The number of halogens is 1. The lowest BCUT2D eigenvalue weighted by Crippen LogP contribution is -2.35. The third-order valence-electron chi connectivity index (χ3n) is 4.31. The first-order valence-electron chi connectivity index (χ1n) is 8.90. The fourth-order valence-corrected chi connectivity index (χ4v) is 3.20. The Morgan fingerprint density at radius 1 is 1.17 bits per heavy atom. The number of carbonyl (C=O) groups excluding carboxylic acids is 1. The minimum absolute atomic E-state index is 0.113. The van der Waals surface area contributed by atoms with Crippen LogP contribution < -0.4 is 5.32 Å². The Labute approximate surface area is 173 Å². The maximum atomic E-state index is 12.7. The molecular formula is C21H20ClN3O4. The van der Waals surface area contributed by atoms with E-state index >= 15 is 0 Å². The van der Waals surface area contributed by atoms with Gasteiger partial charge in [0.1, 0.15) is 5.76 Å². The third-order valence-corrected chi connectivity index (χ3v) is 4.63. The minimum Gasteiger partial charge on any atom is -0.451 e. The molecule has 0 saturated heterocycles. The SMILES string of the molecule is CN(C)C[C@H](NC(=O)c1ccc(-c2ccc([N+](=O)[O-])cc2Cl)o1)c1ccccc1. The number of carbonyl (C=O) groups is 1. The van der Waals surface area contributed by atoms with Crippen LogP contribution in [0.25, 0.3) is 11.3 Å². The molecule has 7 nitrogen and oxygen atoms in total. The molecule has 8 heteroatoms. The van der Waals surface area contributed by atoms with Crippen molar-refractivity contribution in [3.63, 3.8) is 0 Å². The van der Waals surface area contributed by atoms with Gasteiger partial charge in [-0.15, -0.1) is 0 Å². The van der Waals surface area contributed by atoms with Gasteiger partial charge in [0.25, 0.3) is 11.6 Å². The molecule has 0 aliphatic rings. The number of amides is 1. The van der Waals surface area contributed by atoms with Crippen molar-refractivity contribution in [1.29, 1.82) is 0 Å². The molecule has 0 unspecified atom stereocenters. The van der Waals surface area contributed by atoms with Gasteiger partial charge >= 0.3 is 0 Å². The predicted molar refractivity (Wildman–Crippen MR) is 111 cm³/mol. The van der Waals surface area contributed by atoms with E-state index in [-0.39, 0.29) is 28.4 Å². The van der Waals surface area contributed by atoms with Crippen molar-refractivity contribution < 1.29 is 14.1 Å². The first kappa shape index (κ1) is 20.6. The van der Waals surface area contributed by atoms with Crippen molar-refractivity contribution in [3.8, 4) is 11.3 Å². The molecule has 0 spiro atoms. The van der Waals surface area contributed by atoms with Gasteiger partial charge in [0.15, 0.2) is 5.76 Å². The number of benzene rings is 2. The van der Waals surface area contributed by atoms with Gasteiger partial charge in [0, 0.05) is 24.2 Å². The minimum atomic E-state index is -0.523. The molecule has 0 radical (unpaired) electrons. The lowest BCUT2D eigenvalue weighted by atomic mass is 10.1. The molecule has 0 fully saturated rings. The van der Waals surface area contributed by atoms with Crippen molar-refractivity contribution in [2.45, 2.75) is 6.04 Å².